The summed E-state index contributed by atoms with van der Waals surface area (Å²) in [6, 6.07) is 7.84. The van der Waals surface area contributed by atoms with E-state index in [1.54, 1.807) is 9.80 Å². The molecule has 0 aromatic heterocycles. The molecule has 6 nitrogen and oxygen atoms in total. The summed E-state index contributed by atoms with van der Waals surface area (Å²) >= 11 is 3.45. The predicted octanol–water partition coefficient (Wildman–Crippen LogP) is 2.46. The third-order valence-electron chi connectivity index (χ3n) is 6.23. The summed E-state index contributed by atoms with van der Waals surface area (Å²) in [5.74, 6) is -0.0187. The van der Waals surface area contributed by atoms with Crippen LogP contribution in [0.4, 0.5) is 4.79 Å². The second kappa shape index (κ2) is 7.80. The van der Waals surface area contributed by atoms with Crippen LogP contribution in [0.5, 0.6) is 0 Å². The largest absolute Gasteiger partial charge is 0.394 e. The molecule has 2 saturated heterocycles. The fraction of sp³-hybridized carbons (Fsp3) is 0.600. The fourth-order valence-electron chi connectivity index (χ4n) is 4.85. The van der Waals surface area contributed by atoms with E-state index in [0.29, 0.717) is 6.54 Å². The van der Waals surface area contributed by atoms with Crippen molar-refractivity contribution in [3.8, 4) is 0 Å². The Labute approximate surface area is 168 Å². The first-order chi connectivity index (χ1) is 13.1. The van der Waals surface area contributed by atoms with E-state index in [-0.39, 0.29) is 49.1 Å². The molecule has 0 bridgehead atoms. The van der Waals surface area contributed by atoms with Crippen LogP contribution in [-0.4, -0.2) is 64.7 Å². The van der Waals surface area contributed by atoms with Gasteiger partial charge in [0, 0.05) is 23.0 Å². The summed E-state index contributed by atoms with van der Waals surface area (Å²) in [6.07, 6.45) is 5.60. The van der Waals surface area contributed by atoms with Crippen LogP contribution in [0, 0.1) is 0 Å². The van der Waals surface area contributed by atoms with E-state index in [1.807, 2.05) is 24.3 Å². The lowest BCUT2D eigenvalue weighted by atomic mass is 9.74. The first-order valence-corrected chi connectivity index (χ1v) is 10.6. The number of nitrogens with one attached hydrogen (secondary N) is 1. The van der Waals surface area contributed by atoms with Gasteiger partial charge in [0.1, 0.15) is 6.54 Å². The normalized spacial score (nSPS) is 28.5. The van der Waals surface area contributed by atoms with Crippen molar-refractivity contribution in [2.75, 3.05) is 19.7 Å². The third-order valence-corrected chi connectivity index (χ3v) is 6.76. The Balaban J connectivity index is 1.47. The molecule has 1 saturated carbocycles. The van der Waals surface area contributed by atoms with Gasteiger partial charge in [0.05, 0.1) is 18.7 Å². The maximum Gasteiger partial charge on any atom is 0.318 e. The molecular weight excluding hydrogens is 410 g/mol. The molecular formula is C20H26BrN3O3. The zero-order valence-corrected chi connectivity index (χ0v) is 16.9. The van der Waals surface area contributed by atoms with Gasteiger partial charge in [-0.25, -0.2) is 4.79 Å². The van der Waals surface area contributed by atoms with E-state index >= 15 is 0 Å². The number of fused-ring (bicyclic) bond motifs is 1. The number of carbonyl (C=O) groups is 2. The van der Waals surface area contributed by atoms with E-state index in [4.69, 9.17) is 0 Å². The second-order valence-electron chi connectivity index (χ2n) is 7.86. The van der Waals surface area contributed by atoms with Crippen LogP contribution in [0.1, 0.15) is 43.6 Å². The molecule has 2 aliphatic heterocycles. The lowest BCUT2D eigenvalue weighted by Gasteiger charge is -2.58. The standard InChI is InChI=1S/C20H26BrN3O3/c21-14-8-6-13(7-9-14)19-16-10-23(11-18(26)24(16)17(19)12-25)20(27)22-15-4-2-1-3-5-15/h6-9,15-17,19,25H,1-5,10-12H2,(H,22,27)/t16-,17+,19+/m0/s1. The molecule has 3 amide bonds. The summed E-state index contributed by atoms with van der Waals surface area (Å²) in [7, 11) is 0. The van der Waals surface area contributed by atoms with Crippen LogP contribution >= 0.6 is 15.9 Å². The number of nitrogens with zero attached hydrogens (tertiary/aromatic N) is 2. The van der Waals surface area contributed by atoms with Crippen LogP contribution in [0.25, 0.3) is 0 Å². The first kappa shape index (κ1) is 18.7. The second-order valence-corrected chi connectivity index (χ2v) is 8.78. The number of aliphatic hydroxyl groups is 1. The van der Waals surface area contributed by atoms with Gasteiger partial charge in [0.25, 0.3) is 0 Å². The summed E-state index contributed by atoms with van der Waals surface area (Å²) < 4.78 is 0.996. The number of benzene rings is 1. The first-order valence-electron chi connectivity index (χ1n) is 9.81. The Hall–Kier alpha value is -1.60. The Morgan fingerprint density at radius 2 is 1.89 bits per heavy atom. The molecule has 2 N–H and O–H groups in total. The van der Waals surface area contributed by atoms with E-state index in [1.165, 1.54) is 6.42 Å². The van der Waals surface area contributed by atoms with Gasteiger partial charge in [-0.05, 0) is 30.5 Å². The Bertz CT molecular complexity index is 705. The van der Waals surface area contributed by atoms with Gasteiger partial charge in [0.15, 0.2) is 0 Å². The van der Waals surface area contributed by atoms with Gasteiger partial charge in [-0.3, -0.25) is 4.79 Å². The van der Waals surface area contributed by atoms with Crippen molar-refractivity contribution < 1.29 is 14.7 Å². The number of hydrogen-bond acceptors (Lipinski definition) is 3. The Morgan fingerprint density at radius 1 is 1.19 bits per heavy atom. The molecule has 2 heterocycles. The van der Waals surface area contributed by atoms with Crippen LogP contribution in [0.3, 0.4) is 0 Å². The van der Waals surface area contributed by atoms with Gasteiger partial charge in [-0.1, -0.05) is 47.3 Å². The molecule has 3 aliphatic rings. The van der Waals surface area contributed by atoms with E-state index in [9.17, 15) is 14.7 Å². The molecule has 1 aromatic carbocycles. The van der Waals surface area contributed by atoms with Crippen molar-refractivity contribution in [1.82, 2.24) is 15.1 Å². The molecule has 3 fully saturated rings. The number of amides is 3. The van der Waals surface area contributed by atoms with Crippen molar-refractivity contribution in [1.29, 1.82) is 0 Å². The van der Waals surface area contributed by atoms with E-state index in [2.05, 4.69) is 21.2 Å². The summed E-state index contributed by atoms with van der Waals surface area (Å²) in [5, 5.41) is 12.9. The maximum atomic E-state index is 12.7. The highest BCUT2D eigenvalue weighted by atomic mass is 79.9. The minimum atomic E-state index is -0.202. The predicted molar refractivity (Wildman–Crippen MR) is 105 cm³/mol. The van der Waals surface area contributed by atoms with Crippen LogP contribution in [0.15, 0.2) is 28.7 Å². The molecule has 3 atom stereocenters. The molecule has 1 aliphatic carbocycles. The third kappa shape index (κ3) is 3.59. The minimum absolute atomic E-state index is 0.0531. The number of rotatable bonds is 3. The number of urea groups is 1. The SMILES string of the molecule is O=C(NC1CCCCC1)N1CC(=O)N2[C@H](CO)[C@H](c3ccc(Br)cc3)[C@@H]2C1. The Morgan fingerprint density at radius 3 is 2.56 bits per heavy atom. The molecule has 7 heteroatoms. The van der Waals surface area contributed by atoms with Crippen molar-refractivity contribution in [2.45, 2.75) is 56.1 Å². The minimum Gasteiger partial charge on any atom is -0.394 e. The van der Waals surface area contributed by atoms with Crippen molar-refractivity contribution in [3.63, 3.8) is 0 Å². The summed E-state index contributed by atoms with van der Waals surface area (Å²) in [6.45, 7) is 0.553. The molecule has 0 radical (unpaired) electrons. The number of aliphatic hydroxyl groups excluding tert-OH is 1. The molecule has 0 unspecified atom stereocenters. The topological polar surface area (TPSA) is 72.9 Å². The molecule has 1 aromatic rings. The Kier molecular flexibility index (Phi) is 5.41. The zero-order valence-electron chi connectivity index (χ0n) is 15.3. The lowest BCUT2D eigenvalue weighted by Crippen LogP contribution is -2.74. The van der Waals surface area contributed by atoms with Gasteiger partial charge in [-0.15, -0.1) is 0 Å². The monoisotopic (exact) mass is 435 g/mol. The van der Waals surface area contributed by atoms with Crippen molar-refractivity contribution in [3.05, 3.63) is 34.3 Å². The van der Waals surface area contributed by atoms with Crippen LogP contribution < -0.4 is 5.32 Å². The van der Waals surface area contributed by atoms with Crippen molar-refractivity contribution in [2.24, 2.45) is 0 Å². The molecule has 146 valence electrons. The smallest absolute Gasteiger partial charge is 0.318 e. The lowest BCUT2D eigenvalue weighted by molar-refractivity contribution is -0.159. The van der Waals surface area contributed by atoms with Gasteiger partial charge in [-0.2, -0.15) is 0 Å². The van der Waals surface area contributed by atoms with E-state index in [0.717, 1.165) is 35.7 Å². The van der Waals surface area contributed by atoms with E-state index < -0.39 is 0 Å². The number of hydrogen-bond donors (Lipinski definition) is 2. The highest BCUT2D eigenvalue weighted by Crippen LogP contribution is 2.43. The van der Waals surface area contributed by atoms with Crippen LogP contribution in [-0.2, 0) is 4.79 Å². The maximum absolute atomic E-state index is 12.7. The van der Waals surface area contributed by atoms with Gasteiger partial charge < -0.3 is 20.2 Å². The quantitative estimate of drug-likeness (QED) is 0.765. The molecule has 0 spiro atoms. The number of carbonyl (C=O) groups excluding carboxylic acids is 2. The fourth-order valence-corrected chi connectivity index (χ4v) is 5.12. The average molecular weight is 436 g/mol. The number of halogens is 1. The zero-order chi connectivity index (χ0) is 19.0. The average Bonchev–Trinajstić information content (AvgIpc) is 2.65. The summed E-state index contributed by atoms with van der Waals surface area (Å²) in [4.78, 5) is 28.8. The highest BCUT2D eigenvalue weighted by Gasteiger charge is 2.54. The van der Waals surface area contributed by atoms with Gasteiger partial charge in [0.2, 0.25) is 5.91 Å². The van der Waals surface area contributed by atoms with Crippen LogP contribution in [0.2, 0.25) is 0 Å². The highest BCUT2D eigenvalue weighted by molar-refractivity contribution is 9.10. The summed E-state index contributed by atoms with van der Waals surface area (Å²) in [5.41, 5.74) is 1.10. The van der Waals surface area contributed by atoms with Crippen molar-refractivity contribution >= 4 is 27.9 Å². The molecule has 27 heavy (non-hydrogen) atoms. The number of piperazine rings is 1. The van der Waals surface area contributed by atoms with Gasteiger partial charge >= 0.3 is 6.03 Å². The molecule has 4 rings (SSSR count).